The molecule has 2 N–H and O–H groups in total. The summed E-state index contributed by atoms with van der Waals surface area (Å²) >= 11 is 0. The Morgan fingerprint density at radius 3 is 2.68 bits per heavy atom. The van der Waals surface area contributed by atoms with Crippen molar-refractivity contribution in [3.8, 4) is 0 Å². The highest BCUT2D eigenvalue weighted by atomic mass is 19.4. The van der Waals surface area contributed by atoms with Crippen LogP contribution in [0.3, 0.4) is 0 Å². The minimum absolute atomic E-state index is 0.158. The van der Waals surface area contributed by atoms with E-state index in [1.54, 1.807) is 0 Å². The average Bonchev–Trinajstić information content (AvgIpc) is 2.84. The molecule has 2 atom stereocenters. The van der Waals surface area contributed by atoms with Gasteiger partial charge in [-0.1, -0.05) is 30.3 Å². The smallest absolute Gasteiger partial charge is 0.334 e. The SMILES string of the molecule is C[C@H](NC(=O)N[C@H]1CCN(CC(F)(F)F)C1)c1ccccc1. The van der Waals surface area contributed by atoms with E-state index in [2.05, 4.69) is 10.6 Å². The maximum atomic E-state index is 12.3. The van der Waals surface area contributed by atoms with Gasteiger partial charge in [-0.15, -0.1) is 0 Å². The van der Waals surface area contributed by atoms with Gasteiger partial charge in [-0.05, 0) is 18.9 Å². The third-order valence-electron chi connectivity index (χ3n) is 3.66. The number of nitrogens with one attached hydrogen (secondary N) is 2. The number of benzene rings is 1. The average molecular weight is 315 g/mol. The second kappa shape index (κ2) is 7.00. The van der Waals surface area contributed by atoms with Gasteiger partial charge in [-0.25, -0.2) is 4.79 Å². The van der Waals surface area contributed by atoms with Crippen LogP contribution in [0.25, 0.3) is 0 Å². The molecule has 4 nitrogen and oxygen atoms in total. The van der Waals surface area contributed by atoms with Gasteiger partial charge in [0.15, 0.2) is 0 Å². The van der Waals surface area contributed by atoms with Crippen molar-refractivity contribution in [1.29, 1.82) is 0 Å². The molecule has 22 heavy (non-hydrogen) atoms. The lowest BCUT2D eigenvalue weighted by molar-refractivity contribution is -0.143. The van der Waals surface area contributed by atoms with Crippen LogP contribution in [0.15, 0.2) is 30.3 Å². The summed E-state index contributed by atoms with van der Waals surface area (Å²) in [4.78, 5) is 13.2. The van der Waals surface area contributed by atoms with E-state index >= 15 is 0 Å². The lowest BCUT2D eigenvalue weighted by atomic mass is 10.1. The summed E-state index contributed by atoms with van der Waals surface area (Å²) in [7, 11) is 0. The van der Waals surface area contributed by atoms with Crippen LogP contribution < -0.4 is 10.6 Å². The van der Waals surface area contributed by atoms with Gasteiger partial charge in [0.05, 0.1) is 12.6 Å². The first kappa shape index (κ1) is 16.6. The minimum atomic E-state index is -4.20. The van der Waals surface area contributed by atoms with Crippen LogP contribution in [-0.2, 0) is 0 Å². The molecule has 1 fully saturated rings. The first-order chi connectivity index (χ1) is 10.3. The number of rotatable bonds is 4. The second-order valence-electron chi connectivity index (χ2n) is 5.59. The molecular weight excluding hydrogens is 295 g/mol. The van der Waals surface area contributed by atoms with E-state index < -0.39 is 12.7 Å². The fourth-order valence-electron chi connectivity index (χ4n) is 2.60. The molecule has 0 unspecified atom stereocenters. The number of nitrogens with zero attached hydrogens (tertiary/aromatic N) is 1. The maximum Gasteiger partial charge on any atom is 0.401 e. The highest BCUT2D eigenvalue weighted by Crippen LogP contribution is 2.20. The van der Waals surface area contributed by atoms with E-state index in [1.165, 1.54) is 4.90 Å². The highest BCUT2D eigenvalue weighted by Gasteiger charge is 2.34. The summed E-state index contributed by atoms with van der Waals surface area (Å²) in [5.41, 5.74) is 0.975. The standard InChI is InChI=1S/C15H20F3N3O/c1-11(12-5-3-2-4-6-12)19-14(22)20-13-7-8-21(9-13)10-15(16,17)18/h2-6,11,13H,7-10H2,1H3,(H2,19,20,22)/t11-,13-/m0/s1. The molecule has 1 aromatic carbocycles. The Balaban J connectivity index is 1.76. The van der Waals surface area contributed by atoms with Crippen molar-refractivity contribution in [3.63, 3.8) is 0 Å². The third kappa shape index (κ3) is 5.22. The molecular formula is C15H20F3N3O. The Bertz CT molecular complexity index is 493. The lowest BCUT2D eigenvalue weighted by Crippen LogP contribution is -2.44. The maximum absolute atomic E-state index is 12.3. The normalized spacial score (nSPS) is 20.6. The van der Waals surface area contributed by atoms with E-state index in [-0.39, 0.29) is 24.7 Å². The van der Waals surface area contributed by atoms with Crippen molar-refractivity contribution >= 4 is 6.03 Å². The summed E-state index contributed by atoms with van der Waals surface area (Å²) in [5, 5.41) is 5.53. The van der Waals surface area contributed by atoms with Crippen molar-refractivity contribution < 1.29 is 18.0 Å². The molecule has 1 aromatic rings. The van der Waals surface area contributed by atoms with Crippen LogP contribution in [0.4, 0.5) is 18.0 Å². The van der Waals surface area contributed by atoms with Gasteiger partial charge >= 0.3 is 12.2 Å². The van der Waals surface area contributed by atoms with Gasteiger partial charge in [0.25, 0.3) is 0 Å². The molecule has 1 aliphatic rings. The summed E-state index contributed by atoms with van der Waals surface area (Å²) in [5.74, 6) is 0. The summed E-state index contributed by atoms with van der Waals surface area (Å²) in [6.07, 6.45) is -3.66. The van der Waals surface area contributed by atoms with Gasteiger partial charge in [0.2, 0.25) is 0 Å². The Morgan fingerprint density at radius 2 is 2.05 bits per heavy atom. The minimum Gasteiger partial charge on any atom is -0.334 e. The van der Waals surface area contributed by atoms with Gasteiger partial charge in [-0.3, -0.25) is 4.90 Å². The summed E-state index contributed by atoms with van der Waals surface area (Å²) < 4.78 is 36.9. The summed E-state index contributed by atoms with van der Waals surface area (Å²) in [6.45, 7) is 1.51. The Kier molecular flexibility index (Phi) is 5.28. The number of halogens is 3. The van der Waals surface area contributed by atoms with Crippen LogP contribution >= 0.6 is 0 Å². The number of hydrogen-bond donors (Lipinski definition) is 2. The first-order valence-corrected chi connectivity index (χ1v) is 7.24. The molecule has 0 saturated carbocycles. The van der Waals surface area contributed by atoms with E-state index in [1.807, 2.05) is 37.3 Å². The Labute approximate surface area is 127 Å². The molecule has 1 saturated heterocycles. The molecule has 0 aliphatic carbocycles. The number of amides is 2. The number of carbonyl (C=O) groups excluding carboxylic acids is 1. The Hall–Kier alpha value is -1.76. The highest BCUT2D eigenvalue weighted by molar-refractivity contribution is 5.74. The number of alkyl halides is 3. The molecule has 7 heteroatoms. The predicted octanol–water partition coefficient (Wildman–Crippen LogP) is 2.68. The number of urea groups is 1. The molecule has 2 amide bonds. The van der Waals surface area contributed by atoms with Crippen LogP contribution in [0.5, 0.6) is 0 Å². The van der Waals surface area contributed by atoms with Crippen LogP contribution in [0.2, 0.25) is 0 Å². The zero-order chi connectivity index (χ0) is 16.2. The topological polar surface area (TPSA) is 44.4 Å². The predicted molar refractivity (Wildman–Crippen MR) is 77.4 cm³/mol. The van der Waals surface area contributed by atoms with Crippen molar-refractivity contribution in [2.45, 2.75) is 31.6 Å². The van der Waals surface area contributed by atoms with Gasteiger partial charge in [-0.2, -0.15) is 13.2 Å². The van der Waals surface area contributed by atoms with Crippen LogP contribution in [0.1, 0.15) is 24.9 Å². The number of likely N-dealkylation sites (tertiary alicyclic amines) is 1. The largest absolute Gasteiger partial charge is 0.401 e. The van der Waals surface area contributed by atoms with E-state index in [0.29, 0.717) is 13.0 Å². The molecule has 1 heterocycles. The van der Waals surface area contributed by atoms with Crippen molar-refractivity contribution in [3.05, 3.63) is 35.9 Å². The zero-order valence-corrected chi connectivity index (χ0v) is 12.4. The molecule has 2 rings (SSSR count). The van der Waals surface area contributed by atoms with E-state index in [4.69, 9.17) is 0 Å². The monoisotopic (exact) mass is 315 g/mol. The lowest BCUT2D eigenvalue weighted by Gasteiger charge is -2.19. The van der Waals surface area contributed by atoms with Gasteiger partial charge < -0.3 is 10.6 Å². The zero-order valence-electron chi connectivity index (χ0n) is 12.4. The van der Waals surface area contributed by atoms with E-state index in [9.17, 15) is 18.0 Å². The first-order valence-electron chi connectivity index (χ1n) is 7.24. The second-order valence-corrected chi connectivity index (χ2v) is 5.59. The Morgan fingerprint density at radius 1 is 1.36 bits per heavy atom. The van der Waals surface area contributed by atoms with Crippen molar-refractivity contribution in [2.75, 3.05) is 19.6 Å². The number of carbonyl (C=O) groups is 1. The van der Waals surface area contributed by atoms with Gasteiger partial charge in [0.1, 0.15) is 0 Å². The van der Waals surface area contributed by atoms with Crippen molar-refractivity contribution in [2.24, 2.45) is 0 Å². The van der Waals surface area contributed by atoms with Gasteiger partial charge in [0, 0.05) is 19.1 Å². The van der Waals surface area contributed by atoms with Crippen molar-refractivity contribution in [1.82, 2.24) is 15.5 Å². The quantitative estimate of drug-likeness (QED) is 0.897. The molecule has 0 spiro atoms. The van der Waals surface area contributed by atoms with Crippen LogP contribution in [-0.4, -0.2) is 42.8 Å². The van der Waals surface area contributed by atoms with E-state index in [0.717, 1.165) is 5.56 Å². The molecule has 1 aliphatic heterocycles. The summed E-state index contributed by atoms with van der Waals surface area (Å²) in [6, 6.07) is 8.73. The molecule has 122 valence electrons. The molecule has 0 radical (unpaired) electrons. The number of hydrogen-bond acceptors (Lipinski definition) is 2. The fourth-order valence-corrected chi connectivity index (χ4v) is 2.60. The molecule has 0 bridgehead atoms. The van der Waals surface area contributed by atoms with Crippen LogP contribution in [0, 0.1) is 0 Å². The molecule has 0 aromatic heterocycles. The third-order valence-corrected chi connectivity index (χ3v) is 3.66. The fraction of sp³-hybridized carbons (Fsp3) is 0.533.